The molecule has 0 saturated carbocycles. The molecular weight excluding hydrogens is 459 g/mol. The molecule has 1 aliphatic heterocycles. The lowest BCUT2D eigenvalue weighted by atomic mass is 10.0. The van der Waals surface area contributed by atoms with Crippen molar-refractivity contribution < 1.29 is 22.8 Å². The Balaban J connectivity index is 1.67. The molecule has 7 nitrogen and oxygen atoms in total. The van der Waals surface area contributed by atoms with E-state index >= 15 is 0 Å². The third kappa shape index (κ3) is 4.18. The van der Waals surface area contributed by atoms with Crippen LogP contribution in [-0.2, 0) is 12.6 Å². The number of amides is 1. The molecule has 1 aliphatic rings. The highest BCUT2D eigenvalue weighted by atomic mass is 35.5. The Morgan fingerprint density at radius 2 is 2.00 bits per heavy atom. The van der Waals surface area contributed by atoms with E-state index in [4.69, 9.17) is 17.3 Å². The van der Waals surface area contributed by atoms with Gasteiger partial charge in [0.25, 0.3) is 5.91 Å². The summed E-state index contributed by atoms with van der Waals surface area (Å²) in [5.74, 6) is -0.721. The number of aryl methyl sites for hydroxylation is 1. The van der Waals surface area contributed by atoms with E-state index < -0.39 is 22.7 Å². The molecule has 1 atom stereocenters. The SMILES string of the molecule is Cc1cnc(N)c(C(=O)Cc2cnn3c2C(=O)N(c2ccc(C(F)(F)F)c(Cl)c2)C[C@@H]3C)c1. The molecule has 172 valence electrons. The van der Waals surface area contributed by atoms with Gasteiger partial charge < -0.3 is 10.6 Å². The van der Waals surface area contributed by atoms with Crippen LogP contribution in [-0.4, -0.2) is 33.0 Å². The molecule has 0 bridgehead atoms. The minimum absolute atomic E-state index is 0.0901. The molecule has 0 saturated heterocycles. The minimum Gasteiger partial charge on any atom is -0.383 e. The number of carbonyl (C=O) groups excluding carboxylic acids is 2. The zero-order chi connectivity index (χ0) is 24.1. The molecular formula is C22H19ClF3N5O2. The Hall–Kier alpha value is -3.40. The van der Waals surface area contributed by atoms with E-state index in [2.05, 4.69) is 10.1 Å². The number of halogens is 4. The van der Waals surface area contributed by atoms with Gasteiger partial charge in [-0.15, -0.1) is 0 Å². The van der Waals surface area contributed by atoms with Gasteiger partial charge in [-0.1, -0.05) is 11.6 Å². The lowest BCUT2D eigenvalue weighted by molar-refractivity contribution is -0.137. The van der Waals surface area contributed by atoms with Crippen molar-refractivity contribution in [2.45, 2.75) is 32.5 Å². The molecule has 11 heteroatoms. The third-order valence-electron chi connectivity index (χ3n) is 5.46. The minimum atomic E-state index is -4.60. The monoisotopic (exact) mass is 477 g/mol. The second-order valence-electron chi connectivity index (χ2n) is 7.94. The van der Waals surface area contributed by atoms with Gasteiger partial charge >= 0.3 is 6.18 Å². The zero-order valence-electron chi connectivity index (χ0n) is 17.7. The smallest absolute Gasteiger partial charge is 0.383 e. The molecule has 0 spiro atoms. The summed E-state index contributed by atoms with van der Waals surface area (Å²) >= 11 is 5.85. The van der Waals surface area contributed by atoms with Crippen LogP contribution in [0.3, 0.4) is 0 Å². The lowest BCUT2D eigenvalue weighted by Crippen LogP contribution is -2.43. The standard InChI is InChI=1S/C22H19ClF3N5O2/c1-11-5-15(20(27)28-8-11)18(32)6-13-9-29-31-12(2)10-30(21(33)19(13)31)14-3-4-16(17(23)7-14)22(24,25)26/h3-5,7-9,12H,6,10H2,1-2H3,(H2,27,28)/t12-/m0/s1. The van der Waals surface area contributed by atoms with Crippen LogP contribution in [0, 0.1) is 6.92 Å². The first-order chi connectivity index (χ1) is 15.5. The highest BCUT2D eigenvalue weighted by Gasteiger charge is 2.36. The number of pyridine rings is 1. The highest BCUT2D eigenvalue weighted by Crippen LogP contribution is 2.38. The van der Waals surface area contributed by atoms with Gasteiger partial charge in [0.05, 0.1) is 28.4 Å². The maximum absolute atomic E-state index is 13.3. The fourth-order valence-corrected chi connectivity index (χ4v) is 4.13. The maximum atomic E-state index is 13.3. The van der Waals surface area contributed by atoms with Crippen molar-refractivity contribution in [3.8, 4) is 0 Å². The van der Waals surface area contributed by atoms with Gasteiger partial charge in [0.1, 0.15) is 11.5 Å². The van der Waals surface area contributed by atoms with Crippen molar-refractivity contribution in [1.29, 1.82) is 0 Å². The van der Waals surface area contributed by atoms with Crippen molar-refractivity contribution in [3.05, 3.63) is 69.6 Å². The Morgan fingerprint density at radius 3 is 2.67 bits per heavy atom. The van der Waals surface area contributed by atoms with Crippen LogP contribution in [0.5, 0.6) is 0 Å². The summed E-state index contributed by atoms with van der Waals surface area (Å²) < 4.78 is 40.7. The second-order valence-corrected chi connectivity index (χ2v) is 8.34. The quantitative estimate of drug-likeness (QED) is 0.559. The van der Waals surface area contributed by atoms with Gasteiger partial charge in [0, 0.05) is 30.4 Å². The van der Waals surface area contributed by atoms with Crippen LogP contribution >= 0.6 is 11.6 Å². The largest absolute Gasteiger partial charge is 0.417 e. The van der Waals surface area contributed by atoms with Gasteiger partial charge in [0.15, 0.2) is 5.78 Å². The van der Waals surface area contributed by atoms with Gasteiger partial charge in [-0.3, -0.25) is 14.3 Å². The number of aromatic nitrogens is 3. The van der Waals surface area contributed by atoms with Crippen LogP contribution < -0.4 is 10.6 Å². The average Bonchev–Trinajstić information content (AvgIpc) is 3.15. The number of nitrogens with zero attached hydrogens (tertiary/aromatic N) is 4. The van der Waals surface area contributed by atoms with Gasteiger partial charge in [0.2, 0.25) is 0 Å². The number of anilines is 2. The van der Waals surface area contributed by atoms with E-state index in [0.29, 0.717) is 5.56 Å². The Morgan fingerprint density at radius 1 is 1.27 bits per heavy atom. The number of Topliss-reactive ketones (excluding diaryl/α,β-unsaturated/α-hetero) is 1. The van der Waals surface area contributed by atoms with Crippen molar-refractivity contribution >= 4 is 34.8 Å². The predicted molar refractivity (Wildman–Crippen MR) is 116 cm³/mol. The van der Waals surface area contributed by atoms with E-state index in [1.54, 1.807) is 19.2 Å². The number of alkyl halides is 3. The summed E-state index contributed by atoms with van der Waals surface area (Å²) in [4.78, 5) is 31.5. The Bertz CT molecular complexity index is 1270. The number of nitrogen functional groups attached to an aromatic ring is 1. The van der Waals surface area contributed by atoms with Gasteiger partial charge in [-0.05, 0) is 43.7 Å². The Kier molecular flexibility index (Phi) is 5.65. The van der Waals surface area contributed by atoms with Crippen molar-refractivity contribution in [2.24, 2.45) is 0 Å². The molecule has 4 rings (SSSR count). The number of nitrogens with two attached hydrogens (primary N) is 1. The number of ketones is 1. The predicted octanol–water partition coefficient (Wildman–Crippen LogP) is 4.49. The molecule has 0 radical (unpaired) electrons. The Labute approximate surface area is 192 Å². The fraction of sp³-hybridized carbons (Fsp3) is 0.273. The van der Waals surface area contributed by atoms with Gasteiger partial charge in [-0.2, -0.15) is 18.3 Å². The summed E-state index contributed by atoms with van der Waals surface area (Å²) in [5.41, 5.74) is 6.68. The van der Waals surface area contributed by atoms with Crippen LogP contribution in [0.4, 0.5) is 24.7 Å². The molecule has 0 aliphatic carbocycles. The van der Waals surface area contributed by atoms with Crippen LogP contribution in [0.25, 0.3) is 0 Å². The first-order valence-electron chi connectivity index (χ1n) is 9.97. The topological polar surface area (TPSA) is 94.1 Å². The average molecular weight is 478 g/mol. The van der Waals surface area contributed by atoms with Crippen LogP contribution in [0.1, 0.15) is 50.5 Å². The molecule has 2 aromatic heterocycles. The molecule has 0 unspecified atom stereocenters. The summed E-state index contributed by atoms with van der Waals surface area (Å²) in [6.45, 7) is 3.77. The van der Waals surface area contributed by atoms with E-state index in [9.17, 15) is 22.8 Å². The molecule has 33 heavy (non-hydrogen) atoms. The number of carbonyl (C=O) groups is 2. The first-order valence-corrected chi connectivity index (χ1v) is 10.4. The van der Waals surface area contributed by atoms with Crippen LogP contribution in [0.2, 0.25) is 5.02 Å². The number of rotatable bonds is 4. The van der Waals surface area contributed by atoms with Crippen molar-refractivity contribution in [3.63, 3.8) is 0 Å². The highest BCUT2D eigenvalue weighted by molar-refractivity contribution is 6.31. The van der Waals surface area contributed by atoms with Crippen molar-refractivity contribution in [2.75, 3.05) is 17.2 Å². The molecule has 1 amide bonds. The molecule has 3 heterocycles. The molecule has 0 fully saturated rings. The number of benzene rings is 1. The first kappa shape index (κ1) is 22.8. The summed E-state index contributed by atoms with van der Waals surface area (Å²) in [5, 5.41) is 3.76. The zero-order valence-corrected chi connectivity index (χ0v) is 18.4. The van der Waals surface area contributed by atoms with Gasteiger partial charge in [-0.25, -0.2) is 4.98 Å². The molecule has 3 aromatic rings. The van der Waals surface area contributed by atoms with E-state index in [0.717, 1.165) is 17.7 Å². The summed E-state index contributed by atoms with van der Waals surface area (Å²) in [7, 11) is 0. The fourth-order valence-electron chi connectivity index (χ4n) is 3.84. The number of fused-ring (bicyclic) bond motifs is 1. The maximum Gasteiger partial charge on any atom is 0.417 e. The molecule has 1 aromatic carbocycles. The summed E-state index contributed by atoms with van der Waals surface area (Å²) in [6.07, 6.45) is -1.74. The normalized spacial score (nSPS) is 16.1. The lowest BCUT2D eigenvalue weighted by Gasteiger charge is -2.32. The molecule has 2 N–H and O–H groups in total. The van der Waals surface area contributed by atoms with E-state index in [1.165, 1.54) is 21.8 Å². The summed E-state index contributed by atoms with van der Waals surface area (Å²) in [6, 6.07) is 4.51. The van der Waals surface area contributed by atoms with E-state index in [-0.39, 0.29) is 47.6 Å². The number of hydrogen-bond acceptors (Lipinski definition) is 5. The number of hydrogen-bond donors (Lipinski definition) is 1. The third-order valence-corrected chi connectivity index (χ3v) is 5.77. The second kappa shape index (κ2) is 8.18. The van der Waals surface area contributed by atoms with Crippen LogP contribution in [0.15, 0.2) is 36.7 Å². The van der Waals surface area contributed by atoms with E-state index in [1.807, 2.05) is 6.92 Å². The van der Waals surface area contributed by atoms with Crippen molar-refractivity contribution in [1.82, 2.24) is 14.8 Å².